The van der Waals surface area contributed by atoms with Crippen molar-refractivity contribution in [1.82, 2.24) is 0 Å². The third kappa shape index (κ3) is 6.99. The van der Waals surface area contributed by atoms with Crippen LogP contribution < -0.4 is 43.1 Å². The standard InChI is InChI=1S/C30H36N2.2BrH/c1-29(2,3)27-11-15-31(16-12-27)21-23-7-9-25-10-8-24(20-26(25)19-23)22-32-17-13-28(14-18-32)30(4,5)6;;/h7,9-18,20-22H,8,19H2,1-6H3;2*1H/q+2;;/p-2/b23-21+,24-22+;;. The number of hydrogen-bond acceptors (Lipinski definition) is 0. The number of rotatable bonds is 2. The highest BCUT2D eigenvalue weighted by Gasteiger charge is 2.19. The highest BCUT2D eigenvalue weighted by molar-refractivity contribution is 5.58. The number of fused-ring (bicyclic) bond motifs is 1. The van der Waals surface area contributed by atoms with E-state index in [2.05, 4.69) is 136 Å². The minimum absolute atomic E-state index is 0. The molecule has 0 radical (unpaired) electrons. The van der Waals surface area contributed by atoms with E-state index in [4.69, 9.17) is 0 Å². The lowest BCUT2D eigenvalue weighted by atomic mass is 9.86. The van der Waals surface area contributed by atoms with E-state index >= 15 is 0 Å². The fraction of sp³-hybridized carbons (Fsp3) is 0.333. The van der Waals surface area contributed by atoms with Crippen LogP contribution in [0.25, 0.3) is 12.4 Å². The second-order valence-corrected chi connectivity index (χ2v) is 11.0. The molecule has 0 amide bonds. The van der Waals surface area contributed by atoms with Gasteiger partial charge in [0.25, 0.3) is 0 Å². The molecule has 0 atom stereocenters. The van der Waals surface area contributed by atoms with Crippen molar-refractivity contribution in [3.8, 4) is 0 Å². The molecule has 2 aliphatic rings. The third-order valence-corrected chi connectivity index (χ3v) is 6.23. The Morgan fingerprint density at radius 2 is 1.15 bits per heavy atom. The topological polar surface area (TPSA) is 7.76 Å². The van der Waals surface area contributed by atoms with E-state index < -0.39 is 0 Å². The molecule has 0 aromatic carbocycles. The molecule has 0 unspecified atom stereocenters. The number of pyridine rings is 2. The van der Waals surface area contributed by atoms with Gasteiger partial charge < -0.3 is 34.0 Å². The highest BCUT2D eigenvalue weighted by atomic mass is 79.9. The second-order valence-electron chi connectivity index (χ2n) is 11.0. The predicted octanol–water partition coefficient (Wildman–Crippen LogP) is 0.463. The van der Waals surface area contributed by atoms with E-state index in [0.29, 0.717) is 0 Å². The van der Waals surface area contributed by atoms with Crippen LogP contribution in [0.1, 0.15) is 65.5 Å². The fourth-order valence-corrected chi connectivity index (χ4v) is 4.14. The Morgan fingerprint density at radius 3 is 1.62 bits per heavy atom. The molecule has 2 aliphatic carbocycles. The average Bonchev–Trinajstić information content (AvgIpc) is 2.73. The first-order valence-corrected chi connectivity index (χ1v) is 11.6. The van der Waals surface area contributed by atoms with Crippen LogP contribution in [0.15, 0.2) is 95.6 Å². The molecule has 0 saturated heterocycles. The fourth-order valence-electron chi connectivity index (χ4n) is 4.14. The van der Waals surface area contributed by atoms with Crippen LogP contribution in [0.5, 0.6) is 0 Å². The summed E-state index contributed by atoms with van der Waals surface area (Å²) in [5.74, 6) is 0. The zero-order valence-corrected chi connectivity index (χ0v) is 24.3. The molecule has 0 spiro atoms. The summed E-state index contributed by atoms with van der Waals surface area (Å²) in [5.41, 5.74) is 8.50. The van der Waals surface area contributed by atoms with E-state index in [9.17, 15) is 0 Å². The van der Waals surface area contributed by atoms with E-state index in [-0.39, 0.29) is 44.8 Å². The van der Waals surface area contributed by atoms with Gasteiger partial charge in [-0.1, -0.05) is 59.8 Å². The first-order chi connectivity index (χ1) is 15.1. The molecule has 2 nitrogen and oxygen atoms in total. The molecular weight excluding hydrogens is 548 g/mol. The molecule has 4 heteroatoms. The van der Waals surface area contributed by atoms with Gasteiger partial charge in [-0.05, 0) is 45.6 Å². The Hall–Kier alpha value is -2.04. The maximum Gasteiger partial charge on any atom is 0.178 e. The number of aromatic nitrogens is 2. The van der Waals surface area contributed by atoms with Crippen LogP contribution in [-0.2, 0) is 10.8 Å². The van der Waals surface area contributed by atoms with Gasteiger partial charge in [-0.15, -0.1) is 0 Å². The number of halogens is 2. The lowest BCUT2D eigenvalue weighted by molar-refractivity contribution is -0.569. The second kappa shape index (κ2) is 11.1. The highest BCUT2D eigenvalue weighted by Crippen LogP contribution is 2.32. The van der Waals surface area contributed by atoms with Crippen LogP contribution in [0, 0.1) is 0 Å². The van der Waals surface area contributed by atoms with E-state index in [1.54, 1.807) is 0 Å². The molecule has 180 valence electrons. The number of hydrogen-bond donors (Lipinski definition) is 0. The quantitative estimate of drug-likeness (QED) is 0.454. The summed E-state index contributed by atoms with van der Waals surface area (Å²) in [7, 11) is 0. The Kier molecular flexibility index (Phi) is 9.23. The van der Waals surface area contributed by atoms with Crippen molar-refractivity contribution in [3.05, 3.63) is 107 Å². The first kappa shape index (κ1) is 28.2. The van der Waals surface area contributed by atoms with Crippen LogP contribution >= 0.6 is 0 Å². The minimum atomic E-state index is 0. The van der Waals surface area contributed by atoms with Gasteiger partial charge in [0.05, 0.1) is 0 Å². The monoisotopic (exact) mass is 582 g/mol. The lowest BCUT2D eigenvalue weighted by Gasteiger charge is -2.19. The number of allylic oxidation sites excluding steroid dienone is 8. The van der Waals surface area contributed by atoms with Gasteiger partial charge in [0, 0.05) is 41.8 Å². The Morgan fingerprint density at radius 1 is 0.676 bits per heavy atom. The smallest absolute Gasteiger partial charge is 0.178 e. The summed E-state index contributed by atoms with van der Waals surface area (Å²) < 4.78 is 4.33. The van der Waals surface area contributed by atoms with Gasteiger partial charge in [0.15, 0.2) is 37.2 Å². The normalized spacial score (nSPS) is 17.9. The van der Waals surface area contributed by atoms with Crippen LogP contribution in [-0.4, -0.2) is 0 Å². The largest absolute Gasteiger partial charge is 1.00 e. The van der Waals surface area contributed by atoms with Crippen molar-refractivity contribution < 1.29 is 43.1 Å². The Balaban J connectivity index is 0.00000204. The maximum atomic E-state index is 2.37. The first-order valence-electron chi connectivity index (χ1n) is 11.6. The molecule has 0 fully saturated rings. The molecule has 0 saturated carbocycles. The summed E-state index contributed by atoms with van der Waals surface area (Å²) in [5, 5.41) is 0. The molecule has 0 N–H and O–H groups in total. The summed E-state index contributed by atoms with van der Waals surface area (Å²) in [6, 6.07) is 8.89. The van der Waals surface area contributed by atoms with Gasteiger partial charge in [0.2, 0.25) is 0 Å². The van der Waals surface area contributed by atoms with Crippen LogP contribution in [0.2, 0.25) is 0 Å². The van der Waals surface area contributed by atoms with Gasteiger partial charge in [0.1, 0.15) is 0 Å². The van der Waals surface area contributed by atoms with Gasteiger partial charge in [-0.25, -0.2) is 0 Å². The van der Waals surface area contributed by atoms with Crippen molar-refractivity contribution in [1.29, 1.82) is 0 Å². The SMILES string of the molecule is CC(C)(C)c1cc[n+](/C=C2\C=CC3=CC/C(=C\[n+]4ccc(C(C)(C)C)cc4)C=C3C2)cc1.[Br-].[Br-]. The Bertz CT molecular complexity index is 1150. The van der Waals surface area contributed by atoms with E-state index in [0.717, 1.165) is 12.8 Å². The molecule has 0 aliphatic heterocycles. The lowest BCUT2D eigenvalue weighted by Crippen LogP contribution is -3.00. The zero-order valence-electron chi connectivity index (χ0n) is 21.1. The molecule has 2 aromatic rings. The predicted molar refractivity (Wildman–Crippen MR) is 134 cm³/mol. The Labute approximate surface area is 226 Å². The average molecular weight is 584 g/mol. The van der Waals surface area contributed by atoms with Crippen LogP contribution in [0.4, 0.5) is 0 Å². The molecular formula is C30H36Br2N2. The zero-order chi connectivity index (χ0) is 22.9. The molecule has 2 aromatic heterocycles. The number of nitrogens with zero attached hydrogens (tertiary/aromatic N) is 2. The van der Waals surface area contributed by atoms with Crippen molar-refractivity contribution in [2.24, 2.45) is 0 Å². The molecule has 0 bridgehead atoms. The van der Waals surface area contributed by atoms with Crippen molar-refractivity contribution >= 4 is 12.4 Å². The summed E-state index contributed by atoms with van der Waals surface area (Å²) >= 11 is 0. The van der Waals surface area contributed by atoms with Crippen molar-refractivity contribution in [3.63, 3.8) is 0 Å². The summed E-state index contributed by atoms with van der Waals surface area (Å²) in [4.78, 5) is 0. The molecule has 34 heavy (non-hydrogen) atoms. The minimum Gasteiger partial charge on any atom is -1.00 e. The summed E-state index contributed by atoms with van der Waals surface area (Å²) in [6.07, 6.45) is 24.3. The van der Waals surface area contributed by atoms with E-state index in [1.807, 2.05) is 0 Å². The summed E-state index contributed by atoms with van der Waals surface area (Å²) in [6.45, 7) is 13.5. The van der Waals surface area contributed by atoms with Gasteiger partial charge in [-0.2, -0.15) is 9.13 Å². The van der Waals surface area contributed by atoms with Crippen molar-refractivity contribution in [2.45, 2.75) is 65.2 Å². The van der Waals surface area contributed by atoms with Crippen molar-refractivity contribution in [2.75, 3.05) is 0 Å². The molecule has 2 heterocycles. The third-order valence-electron chi connectivity index (χ3n) is 6.23. The van der Waals surface area contributed by atoms with Gasteiger partial charge >= 0.3 is 0 Å². The van der Waals surface area contributed by atoms with Crippen LogP contribution in [0.3, 0.4) is 0 Å². The maximum absolute atomic E-state index is 2.37. The molecule has 4 rings (SSSR count). The van der Waals surface area contributed by atoms with E-state index in [1.165, 1.54) is 33.4 Å². The van der Waals surface area contributed by atoms with Gasteiger partial charge in [-0.3, -0.25) is 0 Å².